The van der Waals surface area contributed by atoms with Crippen molar-refractivity contribution in [1.29, 1.82) is 0 Å². The van der Waals surface area contributed by atoms with Gasteiger partial charge in [0.2, 0.25) is 0 Å². The fourth-order valence-electron chi connectivity index (χ4n) is 2.93. The van der Waals surface area contributed by atoms with Gasteiger partial charge in [-0.3, -0.25) is 0 Å². The van der Waals surface area contributed by atoms with Crippen LogP contribution in [0, 0.1) is 0 Å². The van der Waals surface area contributed by atoms with Gasteiger partial charge in [0.25, 0.3) is 0 Å². The molecule has 4 nitrogen and oxygen atoms in total. The minimum absolute atomic E-state index is 0.00792. The van der Waals surface area contributed by atoms with E-state index in [-0.39, 0.29) is 11.6 Å². The van der Waals surface area contributed by atoms with Gasteiger partial charge < -0.3 is 16.2 Å². The first-order valence-corrected chi connectivity index (χ1v) is 6.77. The highest BCUT2D eigenvalue weighted by Crippen LogP contribution is 2.36. The summed E-state index contributed by atoms with van der Waals surface area (Å²) >= 11 is 0. The maximum absolute atomic E-state index is 6.39. The molecular formula is C14H23N3O. The fraction of sp³-hybridized carbons (Fsp3) is 0.643. The number of nitrogen functional groups attached to an aromatic ring is 1. The van der Waals surface area contributed by atoms with E-state index in [2.05, 4.69) is 4.98 Å². The van der Waals surface area contributed by atoms with E-state index in [4.69, 9.17) is 16.2 Å². The van der Waals surface area contributed by atoms with Crippen LogP contribution in [0.3, 0.4) is 0 Å². The Morgan fingerprint density at radius 1 is 1.44 bits per heavy atom. The maximum Gasteiger partial charge on any atom is 0.126 e. The van der Waals surface area contributed by atoms with Gasteiger partial charge in [-0.1, -0.05) is 18.9 Å². The highest BCUT2D eigenvalue weighted by atomic mass is 16.5. The lowest BCUT2D eigenvalue weighted by Crippen LogP contribution is -2.49. The molecule has 0 bridgehead atoms. The number of anilines is 1. The molecule has 0 spiro atoms. The molecule has 0 aliphatic heterocycles. The zero-order valence-electron chi connectivity index (χ0n) is 11.1. The molecule has 0 amide bonds. The molecule has 1 unspecified atom stereocenters. The van der Waals surface area contributed by atoms with Gasteiger partial charge in [0.15, 0.2) is 0 Å². The molecule has 0 aromatic carbocycles. The second-order valence-electron chi connectivity index (χ2n) is 5.06. The van der Waals surface area contributed by atoms with Crippen molar-refractivity contribution in [3.05, 3.63) is 23.9 Å². The summed E-state index contributed by atoms with van der Waals surface area (Å²) in [6, 6.07) is 3.89. The summed E-state index contributed by atoms with van der Waals surface area (Å²) in [5.41, 5.74) is 13.1. The molecule has 0 saturated heterocycles. The monoisotopic (exact) mass is 249 g/mol. The Bertz CT molecular complexity index is 388. The molecule has 0 radical (unpaired) electrons. The van der Waals surface area contributed by atoms with Crippen molar-refractivity contribution in [2.45, 2.75) is 50.7 Å². The SMILES string of the molecule is CCOC1(C(N)Cc2cccnc2N)CCCC1. The first kappa shape index (κ1) is 13.3. The van der Waals surface area contributed by atoms with E-state index < -0.39 is 0 Å². The van der Waals surface area contributed by atoms with Crippen molar-refractivity contribution in [2.75, 3.05) is 12.3 Å². The molecule has 1 aromatic heterocycles. The Morgan fingerprint density at radius 3 is 2.78 bits per heavy atom. The van der Waals surface area contributed by atoms with Crippen LogP contribution in [-0.2, 0) is 11.2 Å². The van der Waals surface area contributed by atoms with Crippen molar-refractivity contribution in [1.82, 2.24) is 4.98 Å². The number of rotatable bonds is 5. The molecule has 2 rings (SSSR count). The summed E-state index contributed by atoms with van der Waals surface area (Å²) in [6.07, 6.45) is 6.97. The number of hydrogen-bond acceptors (Lipinski definition) is 4. The van der Waals surface area contributed by atoms with Crippen molar-refractivity contribution in [3.63, 3.8) is 0 Å². The topological polar surface area (TPSA) is 74.2 Å². The molecule has 1 saturated carbocycles. The van der Waals surface area contributed by atoms with Crippen LogP contribution in [0.25, 0.3) is 0 Å². The van der Waals surface area contributed by atoms with E-state index in [1.165, 1.54) is 12.8 Å². The van der Waals surface area contributed by atoms with E-state index in [9.17, 15) is 0 Å². The lowest BCUT2D eigenvalue weighted by molar-refractivity contribution is -0.0524. The summed E-state index contributed by atoms with van der Waals surface area (Å²) in [6.45, 7) is 2.75. The summed E-state index contributed by atoms with van der Waals surface area (Å²) in [7, 11) is 0. The Hall–Kier alpha value is -1.13. The van der Waals surface area contributed by atoms with E-state index in [0.29, 0.717) is 5.82 Å². The van der Waals surface area contributed by atoms with Crippen LogP contribution in [-0.4, -0.2) is 23.2 Å². The first-order chi connectivity index (χ1) is 8.68. The van der Waals surface area contributed by atoms with Gasteiger partial charge in [0, 0.05) is 18.8 Å². The summed E-state index contributed by atoms with van der Waals surface area (Å²) < 4.78 is 5.98. The van der Waals surface area contributed by atoms with Gasteiger partial charge in [0.05, 0.1) is 5.60 Å². The average molecular weight is 249 g/mol. The highest BCUT2D eigenvalue weighted by Gasteiger charge is 2.40. The minimum Gasteiger partial charge on any atom is -0.383 e. The molecule has 1 aromatic rings. The first-order valence-electron chi connectivity index (χ1n) is 6.77. The number of nitrogens with zero attached hydrogens (tertiary/aromatic N) is 1. The number of aromatic nitrogens is 1. The molecule has 1 aliphatic rings. The summed E-state index contributed by atoms with van der Waals surface area (Å²) in [5, 5.41) is 0. The van der Waals surface area contributed by atoms with Crippen LogP contribution in [0.5, 0.6) is 0 Å². The van der Waals surface area contributed by atoms with Crippen molar-refractivity contribution in [3.8, 4) is 0 Å². The van der Waals surface area contributed by atoms with Crippen LogP contribution >= 0.6 is 0 Å². The zero-order valence-corrected chi connectivity index (χ0v) is 11.1. The van der Waals surface area contributed by atoms with Crippen LogP contribution in [0.4, 0.5) is 5.82 Å². The number of nitrogens with two attached hydrogens (primary N) is 2. The minimum atomic E-state index is -0.156. The maximum atomic E-state index is 6.39. The van der Waals surface area contributed by atoms with Gasteiger partial charge in [-0.05, 0) is 37.8 Å². The van der Waals surface area contributed by atoms with Gasteiger partial charge >= 0.3 is 0 Å². The molecule has 4 heteroatoms. The lowest BCUT2D eigenvalue weighted by Gasteiger charge is -2.35. The molecule has 100 valence electrons. The second kappa shape index (κ2) is 5.67. The van der Waals surface area contributed by atoms with Crippen LogP contribution in [0.15, 0.2) is 18.3 Å². The van der Waals surface area contributed by atoms with Gasteiger partial charge in [-0.15, -0.1) is 0 Å². The molecular weight excluding hydrogens is 226 g/mol. The third kappa shape index (κ3) is 2.65. The predicted molar refractivity (Wildman–Crippen MR) is 73.2 cm³/mol. The third-order valence-corrected chi connectivity index (χ3v) is 3.92. The van der Waals surface area contributed by atoms with E-state index >= 15 is 0 Å². The quantitative estimate of drug-likeness (QED) is 0.835. The van der Waals surface area contributed by atoms with Crippen LogP contribution < -0.4 is 11.5 Å². The van der Waals surface area contributed by atoms with Gasteiger partial charge in [-0.2, -0.15) is 0 Å². The smallest absolute Gasteiger partial charge is 0.126 e. The Balaban J connectivity index is 2.10. The molecule has 1 heterocycles. The number of ether oxygens (including phenoxy) is 1. The fourth-order valence-corrected chi connectivity index (χ4v) is 2.93. The molecule has 1 aliphatic carbocycles. The normalized spacial score (nSPS) is 19.9. The Kier molecular flexibility index (Phi) is 4.19. The Morgan fingerprint density at radius 2 is 2.17 bits per heavy atom. The second-order valence-corrected chi connectivity index (χ2v) is 5.06. The molecule has 1 atom stereocenters. The van der Waals surface area contributed by atoms with Gasteiger partial charge in [-0.25, -0.2) is 4.98 Å². The number of pyridine rings is 1. The zero-order chi connectivity index (χ0) is 13.0. The highest BCUT2D eigenvalue weighted by molar-refractivity contribution is 5.39. The molecule has 18 heavy (non-hydrogen) atoms. The Labute approximate surface area is 109 Å². The third-order valence-electron chi connectivity index (χ3n) is 3.92. The number of hydrogen-bond donors (Lipinski definition) is 2. The largest absolute Gasteiger partial charge is 0.383 e. The van der Waals surface area contributed by atoms with Crippen molar-refractivity contribution >= 4 is 5.82 Å². The molecule has 4 N–H and O–H groups in total. The summed E-state index contributed by atoms with van der Waals surface area (Å²) in [4.78, 5) is 4.11. The molecule has 1 fully saturated rings. The van der Waals surface area contributed by atoms with Crippen molar-refractivity contribution < 1.29 is 4.74 Å². The van der Waals surface area contributed by atoms with Crippen LogP contribution in [0.2, 0.25) is 0 Å². The summed E-state index contributed by atoms with van der Waals surface area (Å²) in [5.74, 6) is 0.581. The van der Waals surface area contributed by atoms with E-state index in [1.54, 1.807) is 6.20 Å². The predicted octanol–water partition coefficient (Wildman–Crippen LogP) is 1.88. The lowest BCUT2D eigenvalue weighted by atomic mass is 9.88. The average Bonchev–Trinajstić information content (AvgIpc) is 2.82. The van der Waals surface area contributed by atoms with Crippen molar-refractivity contribution in [2.24, 2.45) is 5.73 Å². The van der Waals surface area contributed by atoms with E-state index in [0.717, 1.165) is 31.4 Å². The standard InChI is InChI=1S/C14H23N3O/c1-2-18-14(7-3-4-8-14)12(15)10-11-6-5-9-17-13(11)16/h5-6,9,12H,2-4,7-8,10,15H2,1H3,(H2,16,17). The van der Waals surface area contributed by atoms with Crippen LogP contribution in [0.1, 0.15) is 38.2 Å². The van der Waals surface area contributed by atoms with E-state index in [1.807, 2.05) is 19.1 Å². The van der Waals surface area contributed by atoms with Gasteiger partial charge in [0.1, 0.15) is 5.82 Å².